The maximum Gasteiger partial charge on any atom is 0.139 e. The third-order valence-corrected chi connectivity index (χ3v) is 10.7. The number of hydrogen-bond donors (Lipinski definition) is 1. The standard InChI is InChI=1S/C26H37NO2/c1-5-18-21-12-17(28)10-15(3)25(21,4)22-11-16-13-26(16)19(14(2)8-9-27)6-7-20(26)23(22)24(18)29/h13-15,17-23,28H,5-8,10-12H2,1-4H3/t14-,15?,17-,18?,19-,20+,21+,22+,23+,25+,26-/m1/s1. The highest BCUT2D eigenvalue weighted by Gasteiger charge is 2.71. The van der Waals surface area contributed by atoms with Crippen LogP contribution in [0.1, 0.15) is 72.6 Å². The van der Waals surface area contributed by atoms with Gasteiger partial charge in [-0.15, -0.1) is 0 Å². The minimum absolute atomic E-state index is 0.117. The fourth-order valence-corrected chi connectivity index (χ4v) is 9.30. The molecule has 3 nitrogen and oxygen atoms in total. The highest BCUT2D eigenvalue weighted by atomic mass is 16.3. The van der Waals surface area contributed by atoms with Gasteiger partial charge in [-0.2, -0.15) is 5.26 Å². The monoisotopic (exact) mass is 395 g/mol. The van der Waals surface area contributed by atoms with E-state index in [0.29, 0.717) is 47.7 Å². The lowest BCUT2D eigenvalue weighted by molar-refractivity contribution is -0.173. The summed E-state index contributed by atoms with van der Waals surface area (Å²) in [4.78, 5) is 13.9. The highest BCUT2D eigenvalue weighted by Crippen LogP contribution is 2.76. The molecule has 0 bridgehead atoms. The number of rotatable bonds is 3. The number of hydrogen-bond acceptors (Lipinski definition) is 3. The van der Waals surface area contributed by atoms with Gasteiger partial charge in [0.2, 0.25) is 0 Å². The van der Waals surface area contributed by atoms with Gasteiger partial charge in [0.25, 0.3) is 0 Å². The number of allylic oxidation sites excluding steroid dienone is 2. The second kappa shape index (κ2) is 6.43. The van der Waals surface area contributed by atoms with Crippen molar-refractivity contribution in [1.82, 2.24) is 0 Å². The van der Waals surface area contributed by atoms with Crippen molar-refractivity contribution in [1.29, 1.82) is 5.26 Å². The Balaban J connectivity index is 1.54. The number of ketones is 1. The van der Waals surface area contributed by atoms with E-state index in [4.69, 9.17) is 0 Å². The normalized spacial score (nSPS) is 53.7. The first kappa shape index (κ1) is 19.8. The zero-order valence-electron chi connectivity index (χ0n) is 18.5. The van der Waals surface area contributed by atoms with Crippen LogP contribution in [0.2, 0.25) is 0 Å². The van der Waals surface area contributed by atoms with Crippen LogP contribution in [-0.4, -0.2) is 17.0 Å². The largest absolute Gasteiger partial charge is 0.393 e. The molecule has 1 N–H and O–H groups in total. The molecule has 0 radical (unpaired) electrons. The topological polar surface area (TPSA) is 61.1 Å². The van der Waals surface area contributed by atoms with Gasteiger partial charge in [0, 0.05) is 23.7 Å². The van der Waals surface area contributed by atoms with Crippen LogP contribution in [0.4, 0.5) is 0 Å². The first-order valence-electron chi connectivity index (χ1n) is 12.1. The summed E-state index contributed by atoms with van der Waals surface area (Å²) >= 11 is 0. The van der Waals surface area contributed by atoms with Crippen LogP contribution in [0, 0.1) is 69.5 Å². The number of carbonyl (C=O) groups excluding carboxylic acids is 1. The molecular weight excluding hydrogens is 358 g/mol. The van der Waals surface area contributed by atoms with Crippen molar-refractivity contribution in [2.75, 3.05) is 0 Å². The van der Waals surface area contributed by atoms with Crippen LogP contribution in [0.25, 0.3) is 0 Å². The third kappa shape index (κ3) is 2.36. The van der Waals surface area contributed by atoms with E-state index in [2.05, 4.69) is 39.8 Å². The fourth-order valence-electron chi connectivity index (χ4n) is 9.30. The number of nitriles is 1. The number of nitrogens with zero attached hydrogens (tertiary/aromatic N) is 1. The Kier molecular flexibility index (Phi) is 4.39. The molecule has 5 rings (SSSR count). The summed E-state index contributed by atoms with van der Waals surface area (Å²) < 4.78 is 0. The van der Waals surface area contributed by atoms with Gasteiger partial charge in [-0.05, 0) is 79.4 Å². The predicted molar refractivity (Wildman–Crippen MR) is 113 cm³/mol. The zero-order valence-corrected chi connectivity index (χ0v) is 18.5. The molecule has 0 aromatic carbocycles. The average Bonchev–Trinajstić information content (AvgIpc) is 3.27. The molecule has 3 heteroatoms. The number of carbonyl (C=O) groups is 1. The van der Waals surface area contributed by atoms with Gasteiger partial charge in [-0.3, -0.25) is 4.79 Å². The predicted octanol–water partition coefficient (Wildman–Crippen LogP) is 5.15. The summed E-state index contributed by atoms with van der Waals surface area (Å²) in [6.07, 6.45) is 8.96. The number of Topliss-reactive ketones (excluding diaryl/α,β-unsaturated/α-hetero) is 1. The van der Waals surface area contributed by atoms with Crippen molar-refractivity contribution < 1.29 is 9.90 Å². The molecule has 2 unspecified atom stereocenters. The highest BCUT2D eigenvalue weighted by molar-refractivity contribution is 5.86. The van der Waals surface area contributed by atoms with Crippen LogP contribution < -0.4 is 0 Å². The maximum atomic E-state index is 13.9. The first-order chi connectivity index (χ1) is 13.8. The minimum Gasteiger partial charge on any atom is -0.393 e. The number of aliphatic hydroxyl groups is 1. The van der Waals surface area contributed by atoms with E-state index in [1.807, 2.05) is 0 Å². The van der Waals surface area contributed by atoms with E-state index < -0.39 is 0 Å². The minimum atomic E-state index is -0.244. The summed E-state index contributed by atoms with van der Waals surface area (Å²) in [7, 11) is 0. The molecule has 29 heavy (non-hydrogen) atoms. The summed E-state index contributed by atoms with van der Waals surface area (Å²) in [6.45, 7) is 9.24. The van der Waals surface area contributed by atoms with Gasteiger partial charge in [-0.1, -0.05) is 39.3 Å². The van der Waals surface area contributed by atoms with Gasteiger partial charge >= 0.3 is 0 Å². The Morgan fingerprint density at radius 3 is 2.72 bits per heavy atom. The quantitative estimate of drug-likeness (QED) is 0.673. The van der Waals surface area contributed by atoms with Crippen molar-refractivity contribution in [2.24, 2.45) is 58.2 Å². The van der Waals surface area contributed by atoms with Crippen molar-refractivity contribution in [3.05, 3.63) is 11.6 Å². The van der Waals surface area contributed by atoms with Gasteiger partial charge in [-0.25, -0.2) is 0 Å². The molecule has 0 aromatic rings. The molecule has 11 atom stereocenters. The van der Waals surface area contributed by atoms with E-state index in [0.717, 1.165) is 32.1 Å². The zero-order chi connectivity index (χ0) is 20.7. The molecule has 0 amide bonds. The number of aliphatic hydroxyl groups excluding tert-OH is 1. The van der Waals surface area contributed by atoms with E-state index >= 15 is 0 Å². The molecule has 0 aliphatic heterocycles. The summed E-state index contributed by atoms with van der Waals surface area (Å²) in [6, 6.07) is 2.40. The van der Waals surface area contributed by atoms with Crippen molar-refractivity contribution >= 4 is 5.78 Å². The summed E-state index contributed by atoms with van der Waals surface area (Å²) in [5.74, 6) is 3.54. The average molecular weight is 396 g/mol. The molecule has 0 saturated heterocycles. The molecule has 0 aromatic heterocycles. The fraction of sp³-hybridized carbons (Fsp3) is 0.846. The van der Waals surface area contributed by atoms with Gasteiger partial charge in [0.05, 0.1) is 12.2 Å². The Labute approximate surface area is 175 Å². The van der Waals surface area contributed by atoms with Crippen molar-refractivity contribution in [3.63, 3.8) is 0 Å². The smallest absolute Gasteiger partial charge is 0.139 e. The Hall–Kier alpha value is -1.14. The molecule has 5 aliphatic rings. The van der Waals surface area contributed by atoms with Crippen LogP contribution >= 0.6 is 0 Å². The lowest BCUT2D eigenvalue weighted by atomic mass is 9.41. The van der Waals surface area contributed by atoms with Crippen LogP contribution in [0.15, 0.2) is 11.6 Å². The first-order valence-corrected chi connectivity index (χ1v) is 12.1. The second-order valence-electron chi connectivity index (χ2n) is 11.5. The van der Waals surface area contributed by atoms with Crippen molar-refractivity contribution in [3.8, 4) is 6.07 Å². The Morgan fingerprint density at radius 1 is 1.28 bits per heavy atom. The van der Waals surface area contributed by atoms with Crippen LogP contribution in [0.3, 0.4) is 0 Å². The molecule has 4 fully saturated rings. The van der Waals surface area contributed by atoms with E-state index in [9.17, 15) is 15.2 Å². The van der Waals surface area contributed by atoms with Gasteiger partial charge in [0.15, 0.2) is 0 Å². The lowest BCUT2D eigenvalue weighted by Gasteiger charge is -2.62. The van der Waals surface area contributed by atoms with Crippen LogP contribution in [0.5, 0.6) is 0 Å². The summed E-state index contributed by atoms with van der Waals surface area (Å²) in [5, 5.41) is 19.8. The molecule has 4 saturated carbocycles. The Morgan fingerprint density at radius 2 is 2.03 bits per heavy atom. The van der Waals surface area contributed by atoms with E-state index in [1.54, 1.807) is 5.57 Å². The van der Waals surface area contributed by atoms with Gasteiger partial charge < -0.3 is 5.11 Å². The maximum absolute atomic E-state index is 13.9. The molecule has 5 aliphatic carbocycles. The van der Waals surface area contributed by atoms with Gasteiger partial charge in [0.1, 0.15) is 5.78 Å². The lowest BCUT2D eigenvalue weighted by Crippen LogP contribution is -2.62. The van der Waals surface area contributed by atoms with Crippen LogP contribution in [-0.2, 0) is 4.79 Å². The van der Waals surface area contributed by atoms with E-state index in [-0.39, 0.29) is 28.8 Å². The van der Waals surface area contributed by atoms with E-state index in [1.165, 1.54) is 6.42 Å². The molecule has 0 heterocycles. The van der Waals surface area contributed by atoms with Crippen molar-refractivity contribution in [2.45, 2.75) is 78.7 Å². The molecule has 158 valence electrons. The third-order valence-electron chi connectivity index (χ3n) is 10.7. The second-order valence-corrected chi connectivity index (χ2v) is 11.5. The Bertz CT molecular complexity index is 795. The summed E-state index contributed by atoms with van der Waals surface area (Å²) in [5.41, 5.74) is 1.95. The molecule has 1 spiro atoms. The number of fused-ring (bicyclic) bond motifs is 4. The SMILES string of the molecule is CCC1C(=O)[C@H]2[C@@H]3CC[C@H]([C@H](C)CC#N)[C@]34C=C4C[C@@H]2[C@@]2(C)C(C)C[C@@H](O)C[C@@H]12. The molecular formula is C26H37NO2.